The molecule has 186 valence electrons. The van der Waals surface area contributed by atoms with Crippen LogP contribution in [0.15, 0.2) is 44.5 Å². The molecule has 1 amide bonds. The Morgan fingerprint density at radius 1 is 1.20 bits per heavy atom. The van der Waals surface area contributed by atoms with Gasteiger partial charge in [0.2, 0.25) is 12.7 Å². The number of ether oxygens (including phenoxy) is 3. The third-order valence-electron chi connectivity index (χ3n) is 5.40. The monoisotopic (exact) mass is 563 g/mol. The predicted octanol–water partition coefficient (Wildman–Crippen LogP) is 4.33. The highest BCUT2D eigenvalue weighted by molar-refractivity contribution is 9.10. The van der Waals surface area contributed by atoms with Crippen molar-refractivity contribution in [1.82, 2.24) is 15.4 Å². The number of halogens is 1. The van der Waals surface area contributed by atoms with Crippen molar-refractivity contribution in [2.45, 2.75) is 43.4 Å². The molecule has 35 heavy (non-hydrogen) atoms. The number of unbranched alkanes of at least 4 members (excludes halogenated alkanes) is 2. The number of nitrogens with two attached hydrogens (primary N) is 1. The summed E-state index contributed by atoms with van der Waals surface area (Å²) in [5.41, 5.74) is 10.3. The number of amides is 1. The minimum Gasteiger partial charge on any atom is -0.454 e. The van der Waals surface area contributed by atoms with Gasteiger partial charge in [-0.3, -0.25) is 10.0 Å². The average molecular weight is 564 g/mol. The van der Waals surface area contributed by atoms with Crippen molar-refractivity contribution < 1.29 is 24.2 Å². The number of benzene rings is 1. The van der Waals surface area contributed by atoms with E-state index >= 15 is 0 Å². The summed E-state index contributed by atoms with van der Waals surface area (Å²) in [5.74, 6) is 1.39. The van der Waals surface area contributed by atoms with Gasteiger partial charge in [0.1, 0.15) is 17.1 Å². The number of nitrogens with one attached hydrogen (secondary N) is 1. The zero-order valence-electron chi connectivity index (χ0n) is 19.0. The number of anilines is 1. The number of hydroxylamine groups is 1. The first-order chi connectivity index (χ1) is 17.0. The van der Waals surface area contributed by atoms with Crippen LogP contribution in [0.25, 0.3) is 0 Å². The molecule has 0 aliphatic carbocycles. The molecular formula is C23H26BrN5O5S. The predicted molar refractivity (Wildman–Crippen MR) is 135 cm³/mol. The Hall–Kier alpha value is -2.67. The molecule has 1 aromatic heterocycles. The molecule has 3 heterocycles. The summed E-state index contributed by atoms with van der Waals surface area (Å²) in [4.78, 5) is 25.3. The Morgan fingerprint density at radius 3 is 2.86 bits per heavy atom. The van der Waals surface area contributed by atoms with Gasteiger partial charge in [-0.25, -0.2) is 20.4 Å². The van der Waals surface area contributed by atoms with Gasteiger partial charge < -0.3 is 19.9 Å². The van der Waals surface area contributed by atoms with Crippen LogP contribution in [0.5, 0.6) is 11.5 Å². The quantitative estimate of drug-likeness (QED) is 0.218. The summed E-state index contributed by atoms with van der Waals surface area (Å²) in [6, 6.07) is 3.82. The molecule has 0 saturated heterocycles. The SMILES string of the molecule is Nc1ncnc2c1N=C(Sc1cc3c(cc1Br)OCO3)C=C(CCOCCCCCC(=O)NO)C2. The van der Waals surface area contributed by atoms with E-state index in [-0.39, 0.29) is 12.7 Å². The zero-order valence-corrected chi connectivity index (χ0v) is 21.4. The molecule has 2 aromatic rings. The third-order valence-corrected chi connectivity index (χ3v) is 7.29. The van der Waals surface area contributed by atoms with Crippen LogP contribution in [-0.4, -0.2) is 46.1 Å². The molecule has 12 heteroatoms. The van der Waals surface area contributed by atoms with Gasteiger partial charge in [-0.2, -0.15) is 0 Å². The molecule has 1 aromatic carbocycles. The van der Waals surface area contributed by atoms with E-state index in [1.807, 2.05) is 12.1 Å². The van der Waals surface area contributed by atoms with Crippen LogP contribution in [0.1, 0.15) is 37.8 Å². The summed E-state index contributed by atoms with van der Waals surface area (Å²) < 4.78 is 17.7. The van der Waals surface area contributed by atoms with E-state index in [0.717, 1.165) is 44.9 Å². The molecule has 0 spiro atoms. The summed E-state index contributed by atoms with van der Waals surface area (Å²) in [7, 11) is 0. The van der Waals surface area contributed by atoms with Gasteiger partial charge in [-0.05, 0) is 53.4 Å². The summed E-state index contributed by atoms with van der Waals surface area (Å²) in [6.45, 7) is 1.38. The molecule has 2 aliphatic heterocycles. The highest BCUT2D eigenvalue weighted by atomic mass is 79.9. The van der Waals surface area contributed by atoms with Crippen molar-refractivity contribution in [3.63, 3.8) is 0 Å². The molecule has 4 N–H and O–H groups in total. The minimum atomic E-state index is -0.362. The van der Waals surface area contributed by atoms with Gasteiger partial charge in [0.25, 0.3) is 0 Å². The van der Waals surface area contributed by atoms with E-state index in [4.69, 9.17) is 30.1 Å². The lowest BCUT2D eigenvalue weighted by molar-refractivity contribution is -0.129. The van der Waals surface area contributed by atoms with Crippen LogP contribution in [0.2, 0.25) is 0 Å². The fraction of sp³-hybridized carbons (Fsp3) is 0.391. The fourth-order valence-corrected chi connectivity index (χ4v) is 5.07. The van der Waals surface area contributed by atoms with Crippen molar-refractivity contribution >= 4 is 50.1 Å². The van der Waals surface area contributed by atoms with E-state index in [9.17, 15) is 4.79 Å². The molecular weight excluding hydrogens is 538 g/mol. The number of thioether (sulfide) groups is 1. The van der Waals surface area contributed by atoms with E-state index < -0.39 is 0 Å². The summed E-state index contributed by atoms with van der Waals surface area (Å²) in [6.07, 6.45) is 7.58. The van der Waals surface area contributed by atoms with Crippen molar-refractivity contribution in [1.29, 1.82) is 0 Å². The standard InChI is InChI=1S/C23H26BrN5O5S/c24-15-10-17-18(34-13-33-17)11-19(15)35-21-9-14(8-16-22(28-21)23(25)27-12-26-16)5-7-32-6-3-1-2-4-20(30)29-31/h9-12,31H,1-8,13H2,(H,29,30)(H2,25,26,27). The van der Waals surface area contributed by atoms with Crippen LogP contribution in [0.4, 0.5) is 11.5 Å². The molecule has 4 rings (SSSR count). The first kappa shape index (κ1) is 25.4. The molecule has 10 nitrogen and oxygen atoms in total. The number of aromatic nitrogens is 2. The van der Waals surface area contributed by atoms with Crippen LogP contribution < -0.4 is 20.7 Å². The molecule has 0 saturated carbocycles. The van der Waals surface area contributed by atoms with Crippen LogP contribution in [-0.2, 0) is 16.0 Å². The minimum absolute atomic E-state index is 0.208. The van der Waals surface area contributed by atoms with Gasteiger partial charge in [-0.1, -0.05) is 23.8 Å². The summed E-state index contributed by atoms with van der Waals surface area (Å²) in [5, 5.41) is 9.28. The van der Waals surface area contributed by atoms with Crippen molar-refractivity contribution in [2.24, 2.45) is 4.99 Å². The molecule has 0 fully saturated rings. The van der Waals surface area contributed by atoms with E-state index in [2.05, 4.69) is 32.0 Å². The Labute approximate surface area is 215 Å². The lowest BCUT2D eigenvalue weighted by Crippen LogP contribution is -2.17. The maximum atomic E-state index is 11.0. The number of carbonyl (C=O) groups is 1. The number of hydrogen-bond donors (Lipinski definition) is 3. The molecule has 0 atom stereocenters. The number of rotatable bonds is 10. The Morgan fingerprint density at radius 2 is 2.03 bits per heavy atom. The van der Waals surface area contributed by atoms with Gasteiger partial charge >= 0.3 is 0 Å². The van der Waals surface area contributed by atoms with Gasteiger partial charge in [0.05, 0.1) is 12.3 Å². The second-order valence-electron chi connectivity index (χ2n) is 7.93. The number of hydrogen-bond acceptors (Lipinski definition) is 10. The number of carbonyl (C=O) groups excluding carboxylic acids is 1. The number of aliphatic imine (C=N–C) groups is 1. The second-order valence-corrected chi connectivity index (χ2v) is 9.85. The molecule has 2 aliphatic rings. The highest BCUT2D eigenvalue weighted by Gasteiger charge is 2.20. The highest BCUT2D eigenvalue weighted by Crippen LogP contribution is 2.42. The molecule has 0 bridgehead atoms. The Kier molecular flexibility index (Phi) is 8.96. The van der Waals surface area contributed by atoms with Gasteiger partial charge in [-0.15, -0.1) is 0 Å². The smallest absolute Gasteiger partial charge is 0.243 e. The molecule has 0 unspecified atom stereocenters. The van der Waals surface area contributed by atoms with Crippen molar-refractivity contribution in [2.75, 3.05) is 25.7 Å². The van der Waals surface area contributed by atoms with Crippen LogP contribution in [0.3, 0.4) is 0 Å². The van der Waals surface area contributed by atoms with Crippen molar-refractivity contribution in [3.05, 3.63) is 40.3 Å². The molecule has 0 radical (unpaired) electrons. The third kappa shape index (κ3) is 6.94. The van der Waals surface area contributed by atoms with E-state index in [1.54, 1.807) is 5.48 Å². The maximum absolute atomic E-state index is 11.0. The lowest BCUT2D eigenvalue weighted by Gasteiger charge is -2.09. The first-order valence-electron chi connectivity index (χ1n) is 11.2. The number of nitrogen functional groups attached to an aromatic ring is 1. The largest absolute Gasteiger partial charge is 0.454 e. The lowest BCUT2D eigenvalue weighted by atomic mass is 10.1. The zero-order chi connectivity index (χ0) is 24.6. The van der Waals surface area contributed by atoms with Crippen molar-refractivity contribution in [3.8, 4) is 11.5 Å². The number of nitrogens with zero attached hydrogens (tertiary/aromatic N) is 3. The Bertz CT molecular complexity index is 1140. The first-order valence-corrected chi connectivity index (χ1v) is 12.8. The maximum Gasteiger partial charge on any atom is 0.243 e. The topological polar surface area (TPSA) is 141 Å². The second kappa shape index (κ2) is 12.3. The van der Waals surface area contributed by atoms with Gasteiger partial charge in [0, 0.05) is 28.8 Å². The van der Waals surface area contributed by atoms with Crippen LogP contribution in [0, 0.1) is 0 Å². The van der Waals surface area contributed by atoms with Crippen LogP contribution >= 0.6 is 27.7 Å². The average Bonchev–Trinajstić information content (AvgIpc) is 3.21. The van der Waals surface area contributed by atoms with Gasteiger partial charge in [0.15, 0.2) is 17.3 Å². The summed E-state index contributed by atoms with van der Waals surface area (Å²) >= 11 is 5.10. The van der Waals surface area contributed by atoms with E-state index in [1.165, 1.54) is 18.1 Å². The normalized spacial score (nSPS) is 14.1. The van der Waals surface area contributed by atoms with E-state index in [0.29, 0.717) is 55.5 Å². The fourth-order valence-electron chi connectivity index (χ4n) is 3.60. The number of fused-ring (bicyclic) bond motifs is 2. The Balaban J connectivity index is 1.40.